The number of benzene rings is 1. The molecule has 1 N–H and O–H groups in total. The molecule has 0 amide bonds. The molecular formula is C12H18O3. The van der Waals surface area contributed by atoms with Crippen molar-refractivity contribution < 1.29 is 14.6 Å². The lowest BCUT2D eigenvalue weighted by Crippen LogP contribution is -2.07. The van der Waals surface area contributed by atoms with Crippen LogP contribution in [-0.2, 0) is 6.61 Å². The minimum Gasteiger partial charge on any atom is -0.493 e. The van der Waals surface area contributed by atoms with E-state index in [-0.39, 0.29) is 6.61 Å². The van der Waals surface area contributed by atoms with Gasteiger partial charge in [-0.3, -0.25) is 0 Å². The maximum atomic E-state index is 9.17. The van der Waals surface area contributed by atoms with Gasteiger partial charge >= 0.3 is 0 Å². The van der Waals surface area contributed by atoms with E-state index in [0.29, 0.717) is 24.0 Å². The molecule has 84 valence electrons. The predicted molar refractivity (Wildman–Crippen MR) is 59.2 cm³/mol. The van der Waals surface area contributed by atoms with Crippen LogP contribution in [-0.4, -0.2) is 18.8 Å². The van der Waals surface area contributed by atoms with Crippen molar-refractivity contribution in [3.63, 3.8) is 0 Å². The highest BCUT2D eigenvalue weighted by molar-refractivity contribution is 5.46. The van der Waals surface area contributed by atoms with Gasteiger partial charge in [-0.15, -0.1) is 0 Å². The van der Waals surface area contributed by atoms with Crippen molar-refractivity contribution >= 4 is 0 Å². The fourth-order valence-electron chi connectivity index (χ4n) is 1.26. The quantitative estimate of drug-likeness (QED) is 0.810. The Balaban J connectivity index is 2.89. The van der Waals surface area contributed by atoms with E-state index in [1.54, 1.807) is 7.11 Å². The van der Waals surface area contributed by atoms with Crippen molar-refractivity contribution in [2.24, 2.45) is 5.92 Å². The minimum absolute atomic E-state index is 0.0371. The lowest BCUT2D eigenvalue weighted by atomic mass is 10.2. The number of hydrogen-bond donors (Lipinski definition) is 1. The zero-order valence-corrected chi connectivity index (χ0v) is 9.49. The third-order valence-corrected chi connectivity index (χ3v) is 2.01. The molecule has 15 heavy (non-hydrogen) atoms. The van der Waals surface area contributed by atoms with Crippen LogP contribution in [0.25, 0.3) is 0 Å². The number of hydrogen-bond acceptors (Lipinski definition) is 3. The average molecular weight is 210 g/mol. The molecule has 0 unspecified atom stereocenters. The van der Waals surface area contributed by atoms with Crippen LogP contribution in [0.4, 0.5) is 0 Å². The van der Waals surface area contributed by atoms with Crippen molar-refractivity contribution in [3.8, 4) is 11.5 Å². The Morgan fingerprint density at radius 1 is 1.33 bits per heavy atom. The van der Waals surface area contributed by atoms with Gasteiger partial charge in [0.15, 0.2) is 11.5 Å². The zero-order chi connectivity index (χ0) is 11.3. The summed E-state index contributed by atoms with van der Waals surface area (Å²) in [5.41, 5.74) is 0.759. The van der Waals surface area contributed by atoms with Gasteiger partial charge < -0.3 is 14.6 Å². The summed E-state index contributed by atoms with van der Waals surface area (Å²) in [5.74, 6) is 1.76. The van der Waals surface area contributed by atoms with Gasteiger partial charge in [0.1, 0.15) is 0 Å². The first-order chi connectivity index (χ1) is 7.19. The topological polar surface area (TPSA) is 38.7 Å². The Kier molecular flexibility index (Phi) is 4.43. The van der Waals surface area contributed by atoms with Gasteiger partial charge in [-0.25, -0.2) is 0 Å². The van der Waals surface area contributed by atoms with Crippen molar-refractivity contribution in [1.29, 1.82) is 0 Å². The molecule has 0 heterocycles. The number of para-hydroxylation sites is 1. The Morgan fingerprint density at radius 2 is 2.07 bits per heavy atom. The number of rotatable bonds is 5. The van der Waals surface area contributed by atoms with Crippen molar-refractivity contribution in [1.82, 2.24) is 0 Å². The van der Waals surface area contributed by atoms with E-state index in [2.05, 4.69) is 13.8 Å². The highest BCUT2D eigenvalue weighted by atomic mass is 16.5. The first-order valence-corrected chi connectivity index (χ1v) is 5.08. The predicted octanol–water partition coefficient (Wildman–Crippen LogP) is 2.22. The Hall–Kier alpha value is -1.22. The van der Waals surface area contributed by atoms with Crippen LogP contribution in [0.5, 0.6) is 11.5 Å². The molecule has 0 spiro atoms. The number of methoxy groups -OCH3 is 1. The van der Waals surface area contributed by atoms with E-state index in [1.165, 1.54) is 0 Å². The Morgan fingerprint density at radius 3 is 2.60 bits per heavy atom. The van der Waals surface area contributed by atoms with Crippen LogP contribution in [0.3, 0.4) is 0 Å². The maximum absolute atomic E-state index is 9.17. The summed E-state index contributed by atoms with van der Waals surface area (Å²) < 4.78 is 10.8. The molecule has 0 aliphatic heterocycles. The van der Waals surface area contributed by atoms with E-state index in [4.69, 9.17) is 14.6 Å². The molecule has 0 aliphatic carbocycles. The molecule has 0 aromatic heterocycles. The third-order valence-electron chi connectivity index (χ3n) is 2.01. The fourth-order valence-corrected chi connectivity index (χ4v) is 1.26. The second-order valence-electron chi connectivity index (χ2n) is 3.81. The van der Waals surface area contributed by atoms with Crippen LogP contribution >= 0.6 is 0 Å². The second kappa shape index (κ2) is 5.61. The molecule has 0 saturated heterocycles. The molecule has 1 aromatic rings. The first-order valence-electron chi connectivity index (χ1n) is 5.08. The van der Waals surface area contributed by atoms with Crippen molar-refractivity contribution in [3.05, 3.63) is 23.8 Å². The summed E-state index contributed by atoms with van der Waals surface area (Å²) in [6, 6.07) is 5.50. The van der Waals surface area contributed by atoms with Gasteiger partial charge in [-0.05, 0) is 12.0 Å². The molecule has 0 radical (unpaired) electrons. The molecule has 1 aromatic carbocycles. The lowest BCUT2D eigenvalue weighted by Gasteiger charge is -2.15. The Bertz CT molecular complexity index is 285. The standard InChI is InChI=1S/C12H18O3/c1-9(2)8-15-12-10(7-13)5-4-6-11(12)14-3/h4-6,9,13H,7-8H2,1-3H3. The van der Waals surface area contributed by atoms with E-state index >= 15 is 0 Å². The average Bonchev–Trinajstić information content (AvgIpc) is 2.25. The normalized spacial score (nSPS) is 10.5. The Labute approximate surface area is 90.6 Å². The fraction of sp³-hybridized carbons (Fsp3) is 0.500. The van der Waals surface area contributed by atoms with E-state index < -0.39 is 0 Å². The number of aliphatic hydroxyl groups is 1. The summed E-state index contributed by atoms with van der Waals surface area (Å²) in [7, 11) is 1.60. The largest absolute Gasteiger partial charge is 0.493 e. The van der Waals surface area contributed by atoms with Gasteiger partial charge in [0, 0.05) is 5.56 Å². The molecule has 0 bridgehead atoms. The van der Waals surface area contributed by atoms with Crippen LogP contribution in [0.15, 0.2) is 18.2 Å². The van der Waals surface area contributed by atoms with Gasteiger partial charge in [0.25, 0.3) is 0 Å². The van der Waals surface area contributed by atoms with Crippen LogP contribution in [0.2, 0.25) is 0 Å². The second-order valence-corrected chi connectivity index (χ2v) is 3.81. The number of ether oxygens (including phenoxy) is 2. The SMILES string of the molecule is COc1cccc(CO)c1OCC(C)C. The third kappa shape index (κ3) is 3.13. The van der Waals surface area contributed by atoms with Gasteiger partial charge in [0.05, 0.1) is 20.3 Å². The molecule has 0 saturated carbocycles. The summed E-state index contributed by atoms with van der Waals surface area (Å²) in [5, 5.41) is 9.17. The molecule has 0 fully saturated rings. The molecule has 0 atom stereocenters. The van der Waals surface area contributed by atoms with Crippen LogP contribution in [0, 0.1) is 5.92 Å². The lowest BCUT2D eigenvalue weighted by molar-refractivity contribution is 0.236. The van der Waals surface area contributed by atoms with E-state index in [1.807, 2.05) is 18.2 Å². The minimum atomic E-state index is -0.0371. The molecular weight excluding hydrogens is 192 g/mol. The molecule has 3 nitrogen and oxygen atoms in total. The number of aliphatic hydroxyl groups excluding tert-OH is 1. The van der Waals surface area contributed by atoms with Crippen molar-refractivity contribution in [2.45, 2.75) is 20.5 Å². The van der Waals surface area contributed by atoms with Crippen LogP contribution in [0.1, 0.15) is 19.4 Å². The molecule has 3 heteroatoms. The monoisotopic (exact) mass is 210 g/mol. The van der Waals surface area contributed by atoms with E-state index in [0.717, 1.165) is 5.56 Å². The summed E-state index contributed by atoms with van der Waals surface area (Å²) in [4.78, 5) is 0. The van der Waals surface area contributed by atoms with Gasteiger partial charge in [-0.2, -0.15) is 0 Å². The van der Waals surface area contributed by atoms with Gasteiger partial charge in [-0.1, -0.05) is 26.0 Å². The highest BCUT2D eigenvalue weighted by Gasteiger charge is 2.10. The highest BCUT2D eigenvalue weighted by Crippen LogP contribution is 2.31. The maximum Gasteiger partial charge on any atom is 0.166 e. The molecule has 1 rings (SSSR count). The van der Waals surface area contributed by atoms with Crippen LogP contribution < -0.4 is 9.47 Å². The molecule has 0 aliphatic rings. The zero-order valence-electron chi connectivity index (χ0n) is 9.49. The summed E-state index contributed by atoms with van der Waals surface area (Å²) >= 11 is 0. The smallest absolute Gasteiger partial charge is 0.166 e. The van der Waals surface area contributed by atoms with Crippen molar-refractivity contribution in [2.75, 3.05) is 13.7 Å². The van der Waals surface area contributed by atoms with Gasteiger partial charge in [0.2, 0.25) is 0 Å². The summed E-state index contributed by atoms with van der Waals surface area (Å²) in [6.45, 7) is 4.74. The first kappa shape index (κ1) is 11.9. The van der Waals surface area contributed by atoms with E-state index in [9.17, 15) is 0 Å². The summed E-state index contributed by atoms with van der Waals surface area (Å²) in [6.07, 6.45) is 0.